The van der Waals surface area contributed by atoms with Crippen LogP contribution >= 0.6 is 27.7 Å². The second-order valence-corrected chi connectivity index (χ2v) is 10.2. The Kier molecular flexibility index (Phi) is 8.68. The van der Waals surface area contributed by atoms with Gasteiger partial charge in [-0.15, -0.1) is 0 Å². The third-order valence-electron chi connectivity index (χ3n) is 5.83. The number of hydrogen-bond donors (Lipinski definition) is 0. The van der Waals surface area contributed by atoms with Crippen LogP contribution in [-0.2, 0) is 16.2 Å². The van der Waals surface area contributed by atoms with E-state index in [2.05, 4.69) is 15.9 Å². The Hall–Kier alpha value is -2.85. The van der Waals surface area contributed by atoms with Gasteiger partial charge in [0.25, 0.3) is 11.1 Å². The number of likely N-dealkylation sites (tertiary alicyclic amines) is 1. The molecule has 190 valence electrons. The van der Waals surface area contributed by atoms with Crippen molar-refractivity contribution in [1.82, 2.24) is 9.80 Å². The molecule has 0 bridgehead atoms. The second kappa shape index (κ2) is 11.9. The maximum atomic E-state index is 13.2. The van der Waals surface area contributed by atoms with E-state index in [0.29, 0.717) is 41.2 Å². The van der Waals surface area contributed by atoms with E-state index in [1.807, 2.05) is 6.92 Å². The van der Waals surface area contributed by atoms with E-state index in [1.54, 1.807) is 35.2 Å². The molecule has 2 saturated heterocycles. The normalized spacial score (nSPS) is 17.1. The number of hydrogen-bond acceptors (Lipinski definition) is 6. The summed E-state index contributed by atoms with van der Waals surface area (Å²) >= 11 is 4.32. The number of nitrogens with zero attached hydrogens (tertiary/aromatic N) is 2. The Morgan fingerprint density at radius 3 is 2.47 bits per heavy atom. The van der Waals surface area contributed by atoms with E-state index < -0.39 is 11.1 Å². The van der Waals surface area contributed by atoms with Crippen molar-refractivity contribution in [1.29, 1.82) is 0 Å². The summed E-state index contributed by atoms with van der Waals surface area (Å²) in [5.41, 5.74) is 1.42. The van der Waals surface area contributed by atoms with Crippen LogP contribution in [0.5, 0.6) is 11.5 Å². The zero-order valence-corrected chi connectivity index (χ0v) is 22.2. The van der Waals surface area contributed by atoms with Gasteiger partial charge in [0, 0.05) is 17.6 Å². The molecule has 2 aromatic rings. The molecule has 36 heavy (non-hydrogen) atoms. The molecule has 4 rings (SSSR count). The standard InChI is InChI=1S/C26H26BrFN2O5S/c1-2-34-21-12-18(20(27)14-22(21)35-16-17-6-8-19(28)9-7-17)13-23-25(32)30(26(33)36-23)15-24(31)29-10-4-3-5-11-29/h6-9,12-14H,2-5,10-11,15-16H2,1H3/b23-13-. The molecule has 10 heteroatoms. The van der Waals surface area contributed by atoms with Crippen molar-refractivity contribution in [3.63, 3.8) is 0 Å². The molecular formula is C26H26BrFN2O5S. The quantitative estimate of drug-likeness (QED) is 0.380. The minimum absolute atomic E-state index is 0.208. The van der Waals surface area contributed by atoms with E-state index in [-0.39, 0.29) is 29.8 Å². The van der Waals surface area contributed by atoms with Crippen LogP contribution in [0.1, 0.15) is 37.3 Å². The van der Waals surface area contributed by atoms with Gasteiger partial charge in [0.05, 0.1) is 11.5 Å². The number of imide groups is 1. The van der Waals surface area contributed by atoms with Crippen molar-refractivity contribution < 1.29 is 28.2 Å². The van der Waals surface area contributed by atoms with E-state index in [4.69, 9.17) is 9.47 Å². The van der Waals surface area contributed by atoms with Crippen LogP contribution in [0, 0.1) is 5.82 Å². The van der Waals surface area contributed by atoms with Gasteiger partial charge in [-0.1, -0.05) is 28.1 Å². The van der Waals surface area contributed by atoms with Crippen LogP contribution in [0.25, 0.3) is 6.08 Å². The number of ether oxygens (including phenoxy) is 2. The van der Waals surface area contributed by atoms with Gasteiger partial charge in [0.2, 0.25) is 5.91 Å². The predicted octanol–water partition coefficient (Wildman–Crippen LogP) is 5.61. The summed E-state index contributed by atoms with van der Waals surface area (Å²) in [5.74, 6) is -0.0716. The zero-order valence-electron chi connectivity index (χ0n) is 19.8. The number of amides is 3. The first-order valence-corrected chi connectivity index (χ1v) is 13.3. The van der Waals surface area contributed by atoms with Crippen molar-refractivity contribution in [2.45, 2.75) is 32.8 Å². The first-order valence-electron chi connectivity index (χ1n) is 11.7. The summed E-state index contributed by atoms with van der Waals surface area (Å²) in [7, 11) is 0. The average molecular weight is 577 g/mol. The van der Waals surface area contributed by atoms with E-state index in [9.17, 15) is 18.8 Å². The minimum Gasteiger partial charge on any atom is -0.490 e. The Balaban J connectivity index is 1.50. The Labute approximate surface area is 221 Å². The maximum Gasteiger partial charge on any atom is 0.294 e. The lowest BCUT2D eigenvalue weighted by atomic mass is 10.1. The molecule has 2 aliphatic rings. The third-order valence-corrected chi connectivity index (χ3v) is 7.43. The van der Waals surface area contributed by atoms with Gasteiger partial charge >= 0.3 is 0 Å². The van der Waals surface area contributed by atoms with Crippen molar-refractivity contribution >= 4 is 50.8 Å². The summed E-state index contributed by atoms with van der Waals surface area (Å²) in [4.78, 5) is 41.0. The van der Waals surface area contributed by atoms with Crippen LogP contribution in [0.15, 0.2) is 45.8 Å². The molecule has 0 N–H and O–H groups in total. The van der Waals surface area contributed by atoms with Gasteiger partial charge in [0.15, 0.2) is 11.5 Å². The Bertz CT molecular complexity index is 1180. The first kappa shape index (κ1) is 26.2. The smallest absolute Gasteiger partial charge is 0.294 e. The summed E-state index contributed by atoms with van der Waals surface area (Å²) in [6.45, 7) is 3.53. The molecule has 3 amide bonds. The van der Waals surface area contributed by atoms with Crippen molar-refractivity contribution in [2.75, 3.05) is 26.2 Å². The summed E-state index contributed by atoms with van der Waals surface area (Å²) in [5, 5.41) is -0.461. The van der Waals surface area contributed by atoms with E-state index in [0.717, 1.165) is 41.5 Å². The Morgan fingerprint density at radius 2 is 1.78 bits per heavy atom. The number of thioether (sulfide) groups is 1. The molecule has 0 atom stereocenters. The van der Waals surface area contributed by atoms with Gasteiger partial charge < -0.3 is 14.4 Å². The highest BCUT2D eigenvalue weighted by molar-refractivity contribution is 9.10. The SMILES string of the molecule is CCOc1cc(/C=C2\SC(=O)N(CC(=O)N3CCCCC3)C2=O)c(Br)cc1OCc1ccc(F)cc1. The van der Waals surface area contributed by atoms with Gasteiger partial charge in [-0.2, -0.15) is 0 Å². The predicted molar refractivity (Wildman–Crippen MR) is 139 cm³/mol. The molecule has 2 fully saturated rings. The molecule has 0 aromatic heterocycles. The molecule has 2 aliphatic heterocycles. The third kappa shape index (κ3) is 6.28. The first-order chi connectivity index (χ1) is 17.4. The molecule has 0 saturated carbocycles. The number of carbonyl (C=O) groups excluding carboxylic acids is 3. The minimum atomic E-state index is -0.489. The topological polar surface area (TPSA) is 76.2 Å². The van der Waals surface area contributed by atoms with Crippen molar-refractivity contribution in [3.8, 4) is 11.5 Å². The number of piperidine rings is 1. The van der Waals surface area contributed by atoms with E-state index >= 15 is 0 Å². The lowest BCUT2D eigenvalue weighted by Gasteiger charge is -2.27. The lowest BCUT2D eigenvalue weighted by Crippen LogP contribution is -2.44. The van der Waals surface area contributed by atoms with Gasteiger partial charge in [-0.05, 0) is 79.4 Å². The second-order valence-electron chi connectivity index (χ2n) is 8.38. The molecule has 7 nitrogen and oxygen atoms in total. The van der Waals surface area contributed by atoms with Gasteiger partial charge in [-0.3, -0.25) is 19.3 Å². The number of carbonyl (C=O) groups is 3. The fourth-order valence-corrected chi connectivity index (χ4v) is 5.21. The van der Waals surface area contributed by atoms with Crippen LogP contribution in [-0.4, -0.2) is 53.1 Å². The maximum absolute atomic E-state index is 13.2. The van der Waals surface area contributed by atoms with Crippen LogP contribution < -0.4 is 9.47 Å². The lowest BCUT2D eigenvalue weighted by molar-refractivity contribution is -0.136. The molecule has 2 heterocycles. The highest BCUT2D eigenvalue weighted by atomic mass is 79.9. The van der Waals surface area contributed by atoms with Crippen LogP contribution in [0.2, 0.25) is 0 Å². The summed E-state index contributed by atoms with van der Waals surface area (Å²) in [6.07, 6.45) is 4.57. The molecule has 0 spiro atoms. The number of rotatable bonds is 8. The number of halogens is 2. The fraction of sp³-hybridized carbons (Fsp3) is 0.346. The highest BCUT2D eigenvalue weighted by Gasteiger charge is 2.37. The number of benzene rings is 2. The summed E-state index contributed by atoms with van der Waals surface area (Å²) in [6, 6.07) is 9.48. The van der Waals surface area contributed by atoms with Gasteiger partial charge in [-0.25, -0.2) is 4.39 Å². The van der Waals surface area contributed by atoms with Crippen molar-refractivity contribution in [3.05, 3.63) is 62.7 Å². The zero-order chi connectivity index (χ0) is 25.7. The van der Waals surface area contributed by atoms with Crippen molar-refractivity contribution in [2.24, 2.45) is 0 Å². The largest absolute Gasteiger partial charge is 0.490 e. The Morgan fingerprint density at radius 1 is 1.08 bits per heavy atom. The molecule has 0 radical (unpaired) electrons. The monoisotopic (exact) mass is 576 g/mol. The molecule has 0 aliphatic carbocycles. The highest BCUT2D eigenvalue weighted by Crippen LogP contribution is 2.38. The van der Waals surface area contributed by atoms with Gasteiger partial charge in [0.1, 0.15) is 19.0 Å². The molecule has 2 aromatic carbocycles. The van der Waals surface area contributed by atoms with Crippen LogP contribution in [0.3, 0.4) is 0 Å². The average Bonchev–Trinajstić information content (AvgIpc) is 3.13. The molecular weight excluding hydrogens is 551 g/mol. The summed E-state index contributed by atoms with van der Waals surface area (Å²) < 4.78 is 25.4. The van der Waals surface area contributed by atoms with Crippen LogP contribution in [0.4, 0.5) is 9.18 Å². The molecule has 0 unspecified atom stereocenters. The fourth-order valence-electron chi connectivity index (χ4n) is 3.94. The van der Waals surface area contributed by atoms with E-state index in [1.165, 1.54) is 12.1 Å².